The second-order valence-electron chi connectivity index (χ2n) is 7.05. The molecule has 0 amide bonds. The van der Waals surface area contributed by atoms with Crippen LogP contribution in [0.25, 0.3) is 0 Å². The first-order chi connectivity index (χ1) is 8.85. The third-order valence-electron chi connectivity index (χ3n) is 4.24. The van der Waals surface area contributed by atoms with E-state index in [-0.39, 0.29) is 0 Å². The molecule has 2 rings (SSSR count). The zero-order valence-electron chi connectivity index (χ0n) is 12.5. The first kappa shape index (κ1) is 15.1. The van der Waals surface area contributed by atoms with Crippen molar-refractivity contribution in [2.45, 2.75) is 59.0 Å². The summed E-state index contributed by atoms with van der Waals surface area (Å²) in [6.07, 6.45) is 3.96. The molecule has 0 saturated heterocycles. The van der Waals surface area contributed by atoms with Crippen molar-refractivity contribution in [2.24, 2.45) is 11.3 Å². The minimum Gasteiger partial charge on any atom is -0.307 e. The van der Waals surface area contributed by atoms with Gasteiger partial charge < -0.3 is 5.32 Å². The first-order valence-electron chi connectivity index (χ1n) is 7.37. The summed E-state index contributed by atoms with van der Waals surface area (Å²) in [6, 6.07) is 9.75. The highest BCUT2D eigenvalue weighted by Crippen LogP contribution is 2.39. The highest BCUT2D eigenvalue weighted by molar-refractivity contribution is 9.10. The normalized spacial score (nSPS) is 28.1. The maximum absolute atomic E-state index is 3.83. The Morgan fingerprint density at radius 1 is 1.21 bits per heavy atom. The molecule has 0 bridgehead atoms. The molecule has 0 heterocycles. The van der Waals surface area contributed by atoms with Gasteiger partial charge in [0.15, 0.2) is 0 Å². The van der Waals surface area contributed by atoms with Gasteiger partial charge >= 0.3 is 0 Å². The van der Waals surface area contributed by atoms with E-state index in [1.165, 1.54) is 24.8 Å². The average Bonchev–Trinajstić information content (AvgIpc) is 2.26. The number of hydrogen-bond donors (Lipinski definition) is 1. The molecule has 19 heavy (non-hydrogen) atoms. The van der Waals surface area contributed by atoms with Crippen LogP contribution in [-0.4, -0.2) is 6.04 Å². The van der Waals surface area contributed by atoms with Crippen molar-refractivity contribution in [1.82, 2.24) is 5.32 Å². The van der Waals surface area contributed by atoms with Gasteiger partial charge in [-0.2, -0.15) is 0 Å². The fourth-order valence-electron chi connectivity index (χ4n) is 3.67. The van der Waals surface area contributed by atoms with E-state index in [9.17, 15) is 0 Å². The Kier molecular flexibility index (Phi) is 4.73. The Morgan fingerprint density at radius 2 is 1.84 bits per heavy atom. The van der Waals surface area contributed by atoms with Gasteiger partial charge in [0.25, 0.3) is 0 Å². The van der Waals surface area contributed by atoms with Crippen molar-refractivity contribution in [3.63, 3.8) is 0 Å². The second kappa shape index (κ2) is 5.97. The Labute approximate surface area is 126 Å². The molecule has 1 aromatic rings. The number of halogens is 1. The quantitative estimate of drug-likeness (QED) is 0.794. The molecule has 1 saturated carbocycles. The third-order valence-corrected chi connectivity index (χ3v) is 4.77. The maximum Gasteiger partial charge on any atom is 0.0294 e. The van der Waals surface area contributed by atoms with E-state index in [0.717, 1.165) is 10.4 Å². The van der Waals surface area contributed by atoms with Gasteiger partial charge in [0.05, 0.1) is 0 Å². The molecule has 0 radical (unpaired) electrons. The molecule has 0 aromatic heterocycles. The van der Waals surface area contributed by atoms with Crippen LogP contribution in [0.4, 0.5) is 0 Å². The van der Waals surface area contributed by atoms with E-state index >= 15 is 0 Å². The smallest absolute Gasteiger partial charge is 0.0294 e. The fourth-order valence-corrected chi connectivity index (χ4v) is 3.94. The minimum absolute atomic E-state index is 0.430. The van der Waals surface area contributed by atoms with E-state index in [1.807, 2.05) is 0 Å². The van der Waals surface area contributed by atoms with Crippen molar-refractivity contribution in [3.05, 3.63) is 34.3 Å². The number of rotatable bonds is 3. The predicted molar refractivity (Wildman–Crippen MR) is 86.3 cm³/mol. The highest BCUT2D eigenvalue weighted by Gasteiger charge is 2.32. The Balaban J connectivity index is 1.98. The largest absolute Gasteiger partial charge is 0.307 e. The molecule has 0 aliphatic heterocycles. The molecule has 106 valence electrons. The summed E-state index contributed by atoms with van der Waals surface area (Å²) in [5.41, 5.74) is 1.86. The lowest BCUT2D eigenvalue weighted by atomic mass is 9.70. The van der Waals surface area contributed by atoms with E-state index in [0.29, 0.717) is 17.5 Å². The summed E-state index contributed by atoms with van der Waals surface area (Å²) in [6.45, 7) is 9.47. The lowest BCUT2D eigenvalue weighted by Crippen LogP contribution is -2.41. The zero-order valence-corrected chi connectivity index (χ0v) is 14.1. The molecular formula is C17H26BrN. The number of hydrogen-bond acceptors (Lipinski definition) is 1. The molecule has 1 aliphatic rings. The molecule has 1 nitrogen and oxygen atoms in total. The monoisotopic (exact) mass is 323 g/mol. The van der Waals surface area contributed by atoms with Crippen molar-refractivity contribution < 1.29 is 0 Å². The van der Waals surface area contributed by atoms with Gasteiger partial charge in [-0.25, -0.2) is 0 Å². The number of benzene rings is 1. The van der Waals surface area contributed by atoms with Crippen LogP contribution in [0, 0.1) is 11.3 Å². The molecule has 2 heteroatoms. The van der Waals surface area contributed by atoms with E-state index in [4.69, 9.17) is 0 Å². The molecule has 1 fully saturated rings. The van der Waals surface area contributed by atoms with Crippen molar-refractivity contribution in [3.8, 4) is 0 Å². The lowest BCUT2D eigenvalue weighted by Gasteiger charge is -2.40. The summed E-state index contributed by atoms with van der Waals surface area (Å²) in [7, 11) is 0. The standard InChI is InChI=1S/C17H26BrN/c1-12-9-16(11-17(3,4)10-12)19-13(2)14-5-7-15(18)8-6-14/h5-8,12-13,16,19H,9-11H2,1-4H3/t12?,13-,16?/m1/s1. The predicted octanol–water partition coefficient (Wildman–Crippen LogP) is 5.31. The topological polar surface area (TPSA) is 12.0 Å². The van der Waals surface area contributed by atoms with Gasteiger partial charge in [0.2, 0.25) is 0 Å². The summed E-state index contributed by atoms with van der Waals surface area (Å²) in [5.74, 6) is 0.832. The molecule has 3 atom stereocenters. The van der Waals surface area contributed by atoms with Crippen LogP contribution < -0.4 is 5.32 Å². The summed E-state index contributed by atoms with van der Waals surface area (Å²) in [5, 5.41) is 3.83. The van der Waals surface area contributed by atoms with Crippen molar-refractivity contribution in [2.75, 3.05) is 0 Å². The molecule has 0 spiro atoms. The van der Waals surface area contributed by atoms with Gasteiger partial charge in [-0.15, -0.1) is 0 Å². The average molecular weight is 324 g/mol. The fraction of sp³-hybridized carbons (Fsp3) is 0.647. The van der Waals surface area contributed by atoms with Crippen molar-refractivity contribution >= 4 is 15.9 Å². The van der Waals surface area contributed by atoms with Gasteiger partial charge in [-0.1, -0.05) is 48.8 Å². The number of nitrogens with one attached hydrogen (secondary N) is 1. The third kappa shape index (κ3) is 4.32. The summed E-state index contributed by atoms with van der Waals surface area (Å²) < 4.78 is 1.15. The van der Waals surface area contributed by atoms with Crippen LogP contribution in [0.3, 0.4) is 0 Å². The van der Waals surface area contributed by atoms with E-state index in [2.05, 4.69) is 73.2 Å². The zero-order chi connectivity index (χ0) is 14.0. The van der Waals surface area contributed by atoms with Gasteiger partial charge in [0, 0.05) is 16.6 Å². The SMILES string of the molecule is CC1CC(N[C@H](C)c2ccc(Br)cc2)CC(C)(C)C1. The molecule has 1 N–H and O–H groups in total. The Hall–Kier alpha value is -0.340. The summed E-state index contributed by atoms with van der Waals surface area (Å²) >= 11 is 3.50. The van der Waals surface area contributed by atoms with Gasteiger partial charge in [0.1, 0.15) is 0 Å². The lowest BCUT2D eigenvalue weighted by molar-refractivity contribution is 0.145. The molecular weight excluding hydrogens is 298 g/mol. The van der Waals surface area contributed by atoms with Crippen LogP contribution in [0.2, 0.25) is 0 Å². The van der Waals surface area contributed by atoms with Crippen molar-refractivity contribution in [1.29, 1.82) is 0 Å². The second-order valence-corrected chi connectivity index (χ2v) is 7.97. The maximum atomic E-state index is 3.83. The minimum atomic E-state index is 0.430. The van der Waals surface area contributed by atoms with E-state index in [1.54, 1.807) is 0 Å². The Bertz CT molecular complexity index is 410. The highest BCUT2D eigenvalue weighted by atomic mass is 79.9. The van der Waals surface area contributed by atoms with Gasteiger partial charge in [-0.05, 0) is 55.2 Å². The Morgan fingerprint density at radius 3 is 2.42 bits per heavy atom. The van der Waals surface area contributed by atoms with Crippen LogP contribution in [-0.2, 0) is 0 Å². The van der Waals surface area contributed by atoms with Crippen LogP contribution >= 0.6 is 15.9 Å². The molecule has 1 aromatic carbocycles. The molecule has 1 aliphatic carbocycles. The first-order valence-corrected chi connectivity index (χ1v) is 8.16. The summed E-state index contributed by atoms with van der Waals surface area (Å²) in [4.78, 5) is 0. The van der Waals surface area contributed by atoms with Crippen LogP contribution in [0.1, 0.15) is 58.6 Å². The van der Waals surface area contributed by atoms with Crippen LogP contribution in [0.5, 0.6) is 0 Å². The molecule has 2 unspecified atom stereocenters. The van der Waals surface area contributed by atoms with Crippen LogP contribution in [0.15, 0.2) is 28.7 Å². The van der Waals surface area contributed by atoms with Gasteiger partial charge in [-0.3, -0.25) is 0 Å². The van der Waals surface area contributed by atoms with E-state index < -0.39 is 0 Å².